The van der Waals surface area contributed by atoms with E-state index in [0.717, 1.165) is 12.3 Å². The summed E-state index contributed by atoms with van der Waals surface area (Å²) in [5.41, 5.74) is 6.49. The predicted molar refractivity (Wildman–Crippen MR) is 70.4 cm³/mol. The van der Waals surface area contributed by atoms with Crippen LogP contribution in [0.4, 0.5) is 0 Å². The van der Waals surface area contributed by atoms with Crippen LogP contribution < -0.4 is 11.1 Å². The zero-order valence-corrected chi connectivity index (χ0v) is 11.4. The summed E-state index contributed by atoms with van der Waals surface area (Å²) in [4.78, 5) is 0. The Morgan fingerprint density at radius 1 is 1.47 bits per heavy atom. The van der Waals surface area contributed by atoms with Crippen molar-refractivity contribution in [1.82, 2.24) is 5.32 Å². The molecular formula is C12H26N2S. The molecule has 2 atom stereocenters. The van der Waals surface area contributed by atoms with Crippen molar-refractivity contribution in [3.63, 3.8) is 0 Å². The highest BCUT2D eigenvalue weighted by Gasteiger charge is 2.46. The van der Waals surface area contributed by atoms with Crippen LogP contribution in [0.3, 0.4) is 0 Å². The van der Waals surface area contributed by atoms with E-state index in [0.29, 0.717) is 11.5 Å². The van der Waals surface area contributed by atoms with Crippen LogP contribution >= 0.6 is 11.8 Å². The highest BCUT2D eigenvalue weighted by Crippen LogP contribution is 2.42. The summed E-state index contributed by atoms with van der Waals surface area (Å²) in [7, 11) is 0. The van der Waals surface area contributed by atoms with Gasteiger partial charge in [0.1, 0.15) is 0 Å². The largest absolute Gasteiger partial charge is 0.329 e. The van der Waals surface area contributed by atoms with Gasteiger partial charge in [0, 0.05) is 23.9 Å². The van der Waals surface area contributed by atoms with Crippen LogP contribution in [0, 0.1) is 5.41 Å². The lowest BCUT2D eigenvalue weighted by Crippen LogP contribution is -2.66. The summed E-state index contributed by atoms with van der Waals surface area (Å²) in [5.74, 6) is 2.43. The van der Waals surface area contributed by atoms with E-state index in [4.69, 9.17) is 5.73 Å². The van der Waals surface area contributed by atoms with E-state index in [2.05, 4.69) is 33.0 Å². The van der Waals surface area contributed by atoms with E-state index in [1.54, 1.807) is 0 Å². The molecule has 1 rings (SSSR count). The Kier molecular flexibility index (Phi) is 4.50. The van der Waals surface area contributed by atoms with Gasteiger partial charge in [-0.05, 0) is 30.9 Å². The van der Waals surface area contributed by atoms with Crippen LogP contribution in [0.2, 0.25) is 0 Å². The SMILES string of the molecule is CCC(C)NC1(CN)CSCCC1(C)C. The molecule has 90 valence electrons. The molecule has 3 N–H and O–H groups in total. The van der Waals surface area contributed by atoms with Gasteiger partial charge in [0.2, 0.25) is 0 Å². The summed E-state index contributed by atoms with van der Waals surface area (Å²) >= 11 is 2.04. The van der Waals surface area contributed by atoms with Crippen molar-refractivity contribution < 1.29 is 0 Å². The fourth-order valence-electron chi connectivity index (χ4n) is 2.21. The molecular weight excluding hydrogens is 204 g/mol. The van der Waals surface area contributed by atoms with Gasteiger partial charge in [-0.3, -0.25) is 0 Å². The van der Waals surface area contributed by atoms with E-state index < -0.39 is 0 Å². The second kappa shape index (κ2) is 5.07. The first-order valence-corrected chi connectivity index (χ1v) is 7.18. The third kappa shape index (κ3) is 2.69. The van der Waals surface area contributed by atoms with Gasteiger partial charge in [-0.1, -0.05) is 20.8 Å². The zero-order valence-electron chi connectivity index (χ0n) is 10.6. The molecule has 0 saturated carbocycles. The lowest BCUT2D eigenvalue weighted by Gasteiger charge is -2.51. The molecule has 1 aliphatic rings. The molecule has 0 amide bonds. The molecule has 1 heterocycles. The van der Waals surface area contributed by atoms with Crippen molar-refractivity contribution >= 4 is 11.8 Å². The van der Waals surface area contributed by atoms with Crippen LogP contribution in [0.15, 0.2) is 0 Å². The first-order chi connectivity index (χ1) is 6.97. The Bertz CT molecular complexity index is 206. The normalized spacial score (nSPS) is 32.6. The minimum Gasteiger partial charge on any atom is -0.329 e. The van der Waals surface area contributed by atoms with E-state index >= 15 is 0 Å². The molecule has 0 aliphatic carbocycles. The summed E-state index contributed by atoms with van der Waals surface area (Å²) in [6.07, 6.45) is 2.43. The van der Waals surface area contributed by atoms with Crippen LogP contribution in [0.1, 0.15) is 40.5 Å². The Hall–Kier alpha value is 0.270. The summed E-state index contributed by atoms with van der Waals surface area (Å²) in [5, 5.41) is 3.78. The van der Waals surface area contributed by atoms with E-state index in [-0.39, 0.29) is 5.54 Å². The summed E-state index contributed by atoms with van der Waals surface area (Å²) < 4.78 is 0. The Labute approximate surface area is 98.8 Å². The molecule has 2 unspecified atom stereocenters. The fourth-order valence-corrected chi connectivity index (χ4v) is 3.95. The van der Waals surface area contributed by atoms with E-state index in [1.165, 1.54) is 18.6 Å². The number of nitrogens with one attached hydrogen (secondary N) is 1. The van der Waals surface area contributed by atoms with Gasteiger partial charge in [0.05, 0.1) is 0 Å². The van der Waals surface area contributed by atoms with Crippen molar-refractivity contribution in [1.29, 1.82) is 0 Å². The number of nitrogens with two attached hydrogens (primary N) is 1. The molecule has 3 heteroatoms. The first kappa shape index (κ1) is 13.3. The lowest BCUT2D eigenvalue weighted by molar-refractivity contribution is 0.123. The second-order valence-corrected chi connectivity index (χ2v) is 6.53. The zero-order chi connectivity index (χ0) is 11.5. The Morgan fingerprint density at radius 2 is 2.13 bits per heavy atom. The third-order valence-corrected chi connectivity index (χ3v) is 5.19. The molecule has 0 radical (unpaired) electrons. The standard InChI is InChI=1S/C12H26N2S/c1-5-10(2)14-12(8-13)9-15-7-6-11(12,3)4/h10,14H,5-9,13H2,1-4H3. The average Bonchev–Trinajstić information content (AvgIpc) is 2.21. The average molecular weight is 230 g/mol. The van der Waals surface area contributed by atoms with Crippen molar-refractivity contribution in [3.8, 4) is 0 Å². The first-order valence-electron chi connectivity index (χ1n) is 6.03. The minimum atomic E-state index is 0.130. The van der Waals surface area contributed by atoms with Crippen molar-refractivity contribution in [2.45, 2.75) is 52.1 Å². The van der Waals surface area contributed by atoms with Gasteiger partial charge in [0.15, 0.2) is 0 Å². The quantitative estimate of drug-likeness (QED) is 0.778. The molecule has 0 aromatic carbocycles. The molecule has 2 nitrogen and oxygen atoms in total. The van der Waals surface area contributed by atoms with Crippen LogP contribution in [0.5, 0.6) is 0 Å². The molecule has 1 fully saturated rings. The Morgan fingerprint density at radius 3 is 2.60 bits per heavy atom. The summed E-state index contributed by atoms with van der Waals surface area (Å²) in [6, 6.07) is 0.562. The van der Waals surface area contributed by atoms with Crippen LogP contribution in [-0.2, 0) is 0 Å². The van der Waals surface area contributed by atoms with Gasteiger partial charge < -0.3 is 11.1 Å². The van der Waals surface area contributed by atoms with Crippen LogP contribution in [0.25, 0.3) is 0 Å². The topological polar surface area (TPSA) is 38.0 Å². The molecule has 0 spiro atoms. The van der Waals surface area contributed by atoms with Crippen LogP contribution in [-0.4, -0.2) is 29.6 Å². The molecule has 0 aromatic heterocycles. The smallest absolute Gasteiger partial charge is 0.0449 e. The maximum atomic E-state index is 6.04. The van der Waals surface area contributed by atoms with E-state index in [1.807, 2.05) is 11.8 Å². The monoisotopic (exact) mass is 230 g/mol. The lowest BCUT2D eigenvalue weighted by atomic mass is 9.70. The van der Waals surface area contributed by atoms with Crippen molar-refractivity contribution in [2.24, 2.45) is 11.1 Å². The second-order valence-electron chi connectivity index (χ2n) is 5.43. The fraction of sp³-hybridized carbons (Fsp3) is 1.00. The summed E-state index contributed by atoms with van der Waals surface area (Å²) in [6.45, 7) is 9.94. The third-order valence-electron chi connectivity index (χ3n) is 4.00. The molecule has 15 heavy (non-hydrogen) atoms. The molecule has 1 aliphatic heterocycles. The van der Waals surface area contributed by atoms with Crippen molar-refractivity contribution in [2.75, 3.05) is 18.1 Å². The number of hydrogen-bond donors (Lipinski definition) is 2. The van der Waals surface area contributed by atoms with Crippen molar-refractivity contribution in [3.05, 3.63) is 0 Å². The number of thioether (sulfide) groups is 1. The Balaban J connectivity index is 2.80. The van der Waals surface area contributed by atoms with Gasteiger partial charge >= 0.3 is 0 Å². The number of rotatable bonds is 4. The highest BCUT2D eigenvalue weighted by atomic mass is 32.2. The van der Waals surface area contributed by atoms with Gasteiger partial charge in [-0.2, -0.15) is 11.8 Å². The van der Waals surface area contributed by atoms with Gasteiger partial charge in [-0.15, -0.1) is 0 Å². The molecule has 0 aromatic rings. The minimum absolute atomic E-state index is 0.130. The number of hydrogen-bond acceptors (Lipinski definition) is 3. The predicted octanol–water partition coefficient (Wildman–Crippen LogP) is 2.24. The molecule has 0 bridgehead atoms. The molecule has 1 saturated heterocycles. The highest BCUT2D eigenvalue weighted by molar-refractivity contribution is 7.99. The maximum absolute atomic E-state index is 6.04. The van der Waals surface area contributed by atoms with Gasteiger partial charge in [0.25, 0.3) is 0 Å². The van der Waals surface area contributed by atoms with E-state index in [9.17, 15) is 0 Å². The van der Waals surface area contributed by atoms with Gasteiger partial charge in [-0.25, -0.2) is 0 Å². The maximum Gasteiger partial charge on any atom is 0.0449 e.